The summed E-state index contributed by atoms with van der Waals surface area (Å²) in [4.78, 5) is 14.3. The van der Waals surface area contributed by atoms with Gasteiger partial charge in [0.2, 0.25) is 5.91 Å². The summed E-state index contributed by atoms with van der Waals surface area (Å²) in [6.07, 6.45) is 5.90. The van der Waals surface area contributed by atoms with Crippen LogP contribution in [-0.4, -0.2) is 41.7 Å². The van der Waals surface area contributed by atoms with Gasteiger partial charge in [0, 0.05) is 31.7 Å². The largest absolute Gasteiger partial charge is 0.396 e. The molecule has 0 aromatic heterocycles. The van der Waals surface area contributed by atoms with Crippen LogP contribution in [0.2, 0.25) is 0 Å². The smallest absolute Gasteiger partial charge is 0.225 e. The third-order valence-corrected chi connectivity index (χ3v) is 4.20. The number of nitrogens with two attached hydrogens (primary N) is 1. The minimum absolute atomic E-state index is 0.159. The molecular weight excluding hydrogens is 216 g/mol. The second-order valence-electron chi connectivity index (χ2n) is 5.57. The number of amides is 1. The van der Waals surface area contributed by atoms with E-state index in [-0.39, 0.29) is 18.6 Å². The van der Waals surface area contributed by atoms with Gasteiger partial charge in [0.15, 0.2) is 0 Å². The first-order chi connectivity index (χ1) is 8.20. The van der Waals surface area contributed by atoms with Gasteiger partial charge >= 0.3 is 0 Å². The fraction of sp³-hybridized carbons (Fsp3) is 0.923. The Bertz CT molecular complexity index is 270. The van der Waals surface area contributed by atoms with Crippen molar-refractivity contribution in [3.63, 3.8) is 0 Å². The maximum absolute atomic E-state index is 12.3. The number of aliphatic hydroxyl groups excluding tert-OH is 1. The first kappa shape index (κ1) is 12.8. The van der Waals surface area contributed by atoms with Crippen molar-refractivity contribution in [2.75, 3.05) is 19.7 Å². The van der Waals surface area contributed by atoms with Crippen molar-refractivity contribution in [3.05, 3.63) is 0 Å². The lowest BCUT2D eigenvalue weighted by molar-refractivity contribution is -0.135. The normalized spacial score (nSPS) is 34.0. The van der Waals surface area contributed by atoms with Gasteiger partial charge in [-0.3, -0.25) is 4.79 Å². The SMILES string of the molecule is NC1CCCC(C(=O)N2CCC(CCO)C2)C1. The zero-order chi connectivity index (χ0) is 12.3. The molecule has 0 bridgehead atoms. The van der Waals surface area contributed by atoms with Gasteiger partial charge in [-0.2, -0.15) is 0 Å². The van der Waals surface area contributed by atoms with E-state index in [1.165, 1.54) is 0 Å². The molecule has 1 aliphatic heterocycles. The molecule has 2 fully saturated rings. The second kappa shape index (κ2) is 5.83. The van der Waals surface area contributed by atoms with Crippen LogP contribution in [0.4, 0.5) is 0 Å². The number of nitrogens with zero attached hydrogens (tertiary/aromatic N) is 1. The Hall–Kier alpha value is -0.610. The molecule has 1 saturated heterocycles. The Labute approximate surface area is 103 Å². The average Bonchev–Trinajstić information content (AvgIpc) is 2.77. The van der Waals surface area contributed by atoms with Gasteiger partial charge < -0.3 is 15.7 Å². The Morgan fingerprint density at radius 1 is 1.35 bits per heavy atom. The summed E-state index contributed by atoms with van der Waals surface area (Å²) >= 11 is 0. The summed E-state index contributed by atoms with van der Waals surface area (Å²) < 4.78 is 0. The van der Waals surface area contributed by atoms with Gasteiger partial charge in [0.25, 0.3) is 0 Å². The third-order valence-electron chi connectivity index (χ3n) is 4.20. The molecular formula is C13H24N2O2. The number of hydrogen-bond acceptors (Lipinski definition) is 3. The Morgan fingerprint density at radius 3 is 2.88 bits per heavy atom. The molecule has 3 atom stereocenters. The predicted molar refractivity (Wildman–Crippen MR) is 66.3 cm³/mol. The van der Waals surface area contributed by atoms with Crippen molar-refractivity contribution in [1.29, 1.82) is 0 Å². The molecule has 0 aromatic rings. The van der Waals surface area contributed by atoms with E-state index in [4.69, 9.17) is 10.8 Å². The first-order valence-corrected chi connectivity index (χ1v) is 6.86. The second-order valence-corrected chi connectivity index (χ2v) is 5.57. The zero-order valence-electron chi connectivity index (χ0n) is 10.5. The highest BCUT2D eigenvalue weighted by Crippen LogP contribution is 2.28. The Balaban J connectivity index is 1.83. The topological polar surface area (TPSA) is 66.6 Å². The predicted octanol–water partition coefficient (Wildman–Crippen LogP) is 0.735. The van der Waals surface area contributed by atoms with E-state index in [0.717, 1.165) is 51.6 Å². The van der Waals surface area contributed by atoms with Crippen molar-refractivity contribution in [1.82, 2.24) is 4.90 Å². The molecule has 0 radical (unpaired) electrons. The molecule has 1 saturated carbocycles. The minimum Gasteiger partial charge on any atom is -0.396 e. The van der Waals surface area contributed by atoms with Crippen LogP contribution in [0.1, 0.15) is 38.5 Å². The van der Waals surface area contributed by atoms with Crippen molar-refractivity contribution < 1.29 is 9.90 Å². The monoisotopic (exact) mass is 240 g/mol. The quantitative estimate of drug-likeness (QED) is 0.764. The van der Waals surface area contributed by atoms with E-state index in [1.54, 1.807) is 0 Å². The standard InChI is InChI=1S/C13H24N2O2/c14-12-3-1-2-11(8-12)13(17)15-6-4-10(9-15)5-7-16/h10-12,16H,1-9,14H2. The molecule has 4 nitrogen and oxygen atoms in total. The number of carbonyl (C=O) groups excluding carboxylic acids is 1. The van der Waals surface area contributed by atoms with Crippen LogP contribution in [-0.2, 0) is 4.79 Å². The summed E-state index contributed by atoms with van der Waals surface area (Å²) in [7, 11) is 0. The van der Waals surface area contributed by atoms with Gasteiger partial charge in [-0.05, 0) is 38.0 Å². The molecule has 98 valence electrons. The molecule has 1 amide bonds. The van der Waals surface area contributed by atoms with Crippen molar-refractivity contribution in [2.45, 2.75) is 44.6 Å². The van der Waals surface area contributed by atoms with Crippen molar-refractivity contribution in [2.24, 2.45) is 17.6 Å². The van der Waals surface area contributed by atoms with Crippen LogP contribution in [0.15, 0.2) is 0 Å². The molecule has 0 spiro atoms. The van der Waals surface area contributed by atoms with Gasteiger partial charge in [0.05, 0.1) is 0 Å². The van der Waals surface area contributed by atoms with E-state index < -0.39 is 0 Å². The van der Waals surface area contributed by atoms with Gasteiger partial charge in [-0.15, -0.1) is 0 Å². The molecule has 3 unspecified atom stereocenters. The summed E-state index contributed by atoms with van der Waals surface area (Å²) in [6, 6.07) is 0.216. The molecule has 17 heavy (non-hydrogen) atoms. The maximum Gasteiger partial charge on any atom is 0.225 e. The lowest BCUT2D eigenvalue weighted by atomic mass is 9.85. The number of hydrogen-bond donors (Lipinski definition) is 2. The van der Waals surface area contributed by atoms with E-state index in [2.05, 4.69) is 0 Å². The fourth-order valence-corrected chi connectivity index (χ4v) is 3.16. The highest BCUT2D eigenvalue weighted by molar-refractivity contribution is 5.79. The lowest BCUT2D eigenvalue weighted by Gasteiger charge is -2.29. The molecule has 1 heterocycles. The number of rotatable bonds is 3. The van der Waals surface area contributed by atoms with Crippen LogP contribution >= 0.6 is 0 Å². The highest BCUT2D eigenvalue weighted by atomic mass is 16.3. The van der Waals surface area contributed by atoms with Crippen LogP contribution in [0.25, 0.3) is 0 Å². The van der Waals surface area contributed by atoms with Crippen LogP contribution in [0.3, 0.4) is 0 Å². The van der Waals surface area contributed by atoms with E-state index in [9.17, 15) is 4.79 Å². The fourth-order valence-electron chi connectivity index (χ4n) is 3.16. The molecule has 0 aromatic carbocycles. The maximum atomic E-state index is 12.3. The number of likely N-dealkylation sites (tertiary alicyclic amines) is 1. The number of aliphatic hydroxyl groups is 1. The minimum atomic E-state index is 0.159. The van der Waals surface area contributed by atoms with E-state index in [0.29, 0.717) is 11.8 Å². The highest BCUT2D eigenvalue weighted by Gasteiger charge is 2.32. The molecule has 2 aliphatic rings. The van der Waals surface area contributed by atoms with Crippen LogP contribution in [0, 0.1) is 11.8 Å². The molecule has 4 heteroatoms. The van der Waals surface area contributed by atoms with E-state index >= 15 is 0 Å². The molecule has 3 N–H and O–H groups in total. The summed E-state index contributed by atoms with van der Waals surface area (Å²) in [6.45, 7) is 1.95. The molecule has 2 rings (SSSR count). The van der Waals surface area contributed by atoms with Gasteiger partial charge in [0.1, 0.15) is 0 Å². The third kappa shape index (κ3) is 3.19. The van der Waals surface area contributed by atoms with Crippen molar-refractivity contribution >= 4 is 5.91 Å². The van der Waals surface area contributed by atoms with E-state index in [1.807, 2.05) is 4.90 Å². The van der Waals surface area contributed by atoms with Crippen molar-refractivity contribution in [3.8, 4) is 0 Å². The average molecular weight is 240 g/mol. The lowest BCUT2D eigenvalue weighted by Crippen LogP contribution is -2.39. The van der Waals surface area contributed by atoms with Gasteiger partial charge in [-0.25, -0.2) is 0 Å². The summed E-state index contributed by atoms with van der Waals surface area (Å²) in [5.74, 6) is 0.966. The summed E-state index contributed by atoms with van der Waals surface area (Å²) in [5.41, 5.74) is 5.93. The number of carbonyl (C=O) groups is 1. The van der Waals surface area contributed by atoms with Gasteiger partial charge in [-0.1, -0.05) is 6.42 Å². The van der Waals surface area contributed by atoms with Crippen LogP contribution < -0.4 is 5.73 Å². The summed E-state index contributed by atoms with van der Waals surface area (Å²) in [5, 5.41) is 8.92. The first-order valence-electron chi connectivity index (χ1n) is 6.86. The Kier molecular flexibility index (Phi) is 4.40. The zero-order valence-corrected chi connectivity index (χ0v) is 10.5. The Morgan fingerprint density at radius 2 is 2.18 bits per heavy atom. The van der Waals surface area contributed by atoms with Crippen LogP contribution in [0.5, 0.6) is 0 Å². The molecule has 1 aliphatic carbocycles.